The molecule has 2 rings (SSSR count). The van der Waals surface area contributed by atoms with E-state index in [0.717, 1.165) is 25.7 Å². The van der Waals surface area contributed by atoms with E-state index in [0.29, 0.717) is 17.3 Å². The molecule has 0 radical (unpaired) electrons. The van der Waals surface area contributed by atoms with Gasteiger partial charge >= 0.3 is 5.97 Å². The Morgan fingerprint density at radius 2 is 1.81 bits per heavy atom. The van der Waals surface area contributed by atoms with Crippen molar-refractivity contribution >= 4 is 27.8 Å². The summed E-state index contributed by atoms with van der Waals surface area (Å²) in [7, 11) is 0. The number of aliphatic carboxylic acids is 1. The van der Waals surface area contributed by atoms with Gasteiger partial charge in [0.2, 0.25) is 0 Å². The molecule has 0 atom stereocenters. The third-order valence-electron chi connectivity index (χ3n) is 3.91. The normalized spacial score (nSPS) is 17.8. The molecular weight excluding hydrogens is 341 g/mol. The van der Waals surface area contributed by atoms with E-state index < -0.39 is 23.2 Å². The minimum atomic E-state index is -1.30. The van der Waals surface area contributed by atoms with E-state index in [4.69, 9.17) is 0 Å². The molecule has 1 aliphatic rings. The zero-order valence-corrected chi connectivity index (χ0v) is 13.1. The quantitative estimate of drug-likeness (QED) is 0.813. The summed E-state index contributed by atoms with van der Waals surface area (Å²) in [6.07, 6.45) is 4.14. The molecule has 0 unspecified atom stereocenters. The van der Waals surface area contributed by atoms with Crippen molar-refractivity contribution in [2.45, 2.75) is 44.1 Å². The van der Waals surface area contributed by atoms with Crippen molar-refractivity contribution in [1.29, 1.82) is 0 Å². The van der Waals surface area contributed by atoms with Crippen molar-refractivity contribution in [2.75, 3.05) is 0 Å². The van der Waals surface area contributed by atoms with Gasteiger partial charge in [0.25, 0.3) is 5.91 Å². The SMILES string of the molecule is O=C(NC1(C(=O)O)CCCCCC1)c1c(F)cccc1Br. The lowest BCUT2D eigenvalue weighted by Crippen LogP contribution is -2.54. The lowest BCUT2D eigenvalue weighted by Gasteiger charge is -2.29. The molecule has 0 saturated heterocycles. The topological polar surface area (TPSA) is 66.4 Å². The fourth-order valence-corrected chi connectivity index (χ4v) is 3.24. The van der Waals surface area contributed by atoms with Crippen LogP contribution in [-0.2, 0) is 4.79 Å². The minimum Gasteiger partial charge on any atom is -0.480 e. The summed E-state index contributed by atoms with van der Waals surface area (Å²) >= 11 is 3.13. The Morgan fingerprint density at radius 1 is 1.19 bits per heavy atom. The fourth-order valence-electron chi connectivity index (χ4n) is 2.72. The molecule has 0 spiro atoms. The van der Waals surface area contributed by atoms with Crippen molar-refractivity contribution in [3.8, 4) is 0 Å². The monoisotopic (exact) mass is 357 g/mol. The summed E-state index contributed by atoms with van der Waals surface area (Å²) in [5.74, 6) is -2.41. The average Bonchev–Trinajstić information content (AvgIpc) is 2.65. The Bertz CT molecular complexity index is 534. The van der Waals surface area contributed by atoms with Crippen LogP contribution in [0.4, 0.5) is 4.39 Å². The number of carbonyl (C=O) groups is 2. The average molecular weight is 358 g/mol. The Morgan fingerprint density at radius 3 is 2.33 bits per heavy atom. The zero-order chi connectivity index (χ0) is 15.5. The van der Waals surface area contributed by atoms with E-state index in [1.54, 1.807) is 6.07 Å². The van der Waals surface area contributed by atoms with Crippen LogP contribution in [0.15, 0.2) is 22.7 Å². The van der Waals surface area contributed by atoms with Crippen LogP contribution in [0.3, 0.4) is 0 Å². The van der Waals surface area contributed by atoms with Crippen LogP contribution in [-0.4, -0.2) is 22.5 Å². The van der Waals surface area contributed by atoms with Gasteiger partial charge in [0.05, 0.1) is 5.56 Å². The van der Waals surface area contributed by atoms with Gasteiger partial charge in [-0.05, 0) is 40.9 Å². The summed E-state index contributed by atoms with van der Waals surface area (Å²) in [5, 5.41) is 12.1. The van der Waals surface area contributed by atoms with Crippen LogP contribution in [0.1, 0.15) is 48.9 Å². The van der Waals surface area contributed by atoms with Crippen molar-refractivity contribution < 1.29 is 19.1 Å². The second-order valence-corrected chi connectivity index (χ2v) is 6.21. The summed E-state index contributed by atoms with van der Waals surface area (Å²) in [5.41, 5.74) is -1.45. The van der Waals surface area contributed by atoms with Gasteiger partial charge in [-0.1, -0.05) is 31.7 Å². The number of hydrogen-bond donors (Lipinski definition) is 2. The van der Waals surface area contributed by atoms with E-state index in [9.17, 15) is 19.1 Å². The van der Waals surface area contributed by atoms with Crippen molar-refractivity contribution in [2.24, 2.45) is 0 Å². The number of hydrogen-bond acceptors (Lipinski definition) is 2. The first-order valence-electron chi connectivity index (χ1n) is 6.96. The Hall–Kier alpha value is -1.43. The highest BCUT2D eigenvalue weighted by Gasteiger charge is 2.40. The van der Waals surface area contributed by atoms with Crippen molar-refractivity contribution in [3.63, 3.8) is 0 Å². The molecular formula is C15H17BrFNO3. The van der Waals surface area contributed by atoms with Gasteiger partial charge in [-0.15, -0.1) is 0 Å². The standard InChI is InChI=1S/C15H17BrFNO3/c16-10-6-5-7-11(17)12(10)13(19)18-15(14(20)21)8-3-1-2-4-9-15/h5-7H,1-4,8-9H2,(H,18,19)(H,20,21). The van der Waals surface area contributed by atoms with E-state index in [1.165, 1.54) is 12.1 Å². The molecule has 6 heteroatoms. The molecule has 4 nitrogen and oxygen atoms in total. The Kier molecular flexibility index (Phi) is 4.98. The highest BCUT2D eigenvalue weighted by atomic mass is 79.9. The number of amides is 1. The number of nitrogens with one attached hydrogen (secondary N) is 1. The molecule has 2 N–H and O–H groups in total. The van der Waals surface area contributed by atoms with Crippen LogP contribution in [0, 0.1) is 5.82 Å². The molecule has 1 aromatic rings. The largest absolute Gasteiger partial charge is 0.480 e. The number of carbonyl (C=O) groups excluding carboxylic acids is 1. The maximum absolute atomic E-state index is 13.8. The van der Waals surface area contributed by atoms with E-state index in [-0.39, 0.29) is 5.56 Å². The van der Waals surface area contributed by atoms with Crippen LogP contribution >= 0.6 is 15.9 Å². The number of carboxylic acid groups (broad SMARTS) is 1. The molecule has 1 aromatic carbocycles. The van der Waals surface area contributed by atoms with E-state index >= 15 is 0 Å². The molecule has 1 amide bonds. The van der Waals surface area contributed by atoms with Crippen molar-refractivity contribution in [1.82, 2.24) is 5.32 Å². The lowest BCUT2D eigenvalue weighted by atomic mass is 9.90. The van der Waals surface area contributed by atoms with Crippen molar-refractivity contribution in [3.05, 3.63) is 34.1 Å². The smallest absolute Gasteiger partial charge is 0.329 e. The first kappa shape index (κ1) is 15.9. The fraction of sp³-hybridized carbons (Fsp3) is 0.467. The van der Waals surface area contributed by atoms with Gasteiger partial charge in [0, 0.05) is 4.47 Å². The summed E-state index contributed by atoms with van der Waals surface area (Å²) in [6.45, 7) is 0. The predicted molar refractivity (Wildman–Crippen MR) is 79.6 cm³/mol. The van der Waals surface area contributed by atoms with E-state index in [1.807, 2.05) is 0 Å². The second kappa shape index (κ2) is 6.56. The van der Waals surface area contributed by atoms with Crippen LogP contribution < -0.4 is 5.32 Å². The van der Waals surface area contributed by atoms with E-state index in [2.05, 4.69) is 21.2 Å². The maximum Gasteiger partial charge on any atom is 0.329 e. The molecule has 0 aliphatic heterocycles. The number of carboxylic acids is 1. The third kappa shape index (κ3) is 3.43. The Labute approximate surface area is 130 Å². The molecule has 1 fully saturated rings. The van der Waals surface area contributed by atoms with Gasteiger partial charge in [0.1, 0.15) is 11.4 Å². The van der Waals surface area contributed by atoms with Crippen LogP contribution in [0.2, 0.25) is 0 Å². The molecule has 0 heterocycles. The Balaban J connectivity index is 2.28. The highest BCUT2D eigenvalue weighted by Crippen LogP contribution is 2.29. The molecule has 21 heavy (non-hydrogen) atoms. The first-order valence-corrected chi connectivity index (χ1v) is 7.75. The van der Waals surface area contributed by atoms with Crippen LogP contribution in [0.5, 0.6) is 0 Å². The predicted octanol–water partition coefficient (Wildman–Crippen LogP) is 3.50. The molecule has 1 saturated carbocycles. The summed E-state index contributed by atoms with van der Waals surface area (Å²) in [4.78, 5) is 24.0. The number of halogens is 2. The number of rotatable bonds is 3. The number of benzene rings is 1. The highest BCUT2D eigenvalue weighted by molar-refractivity contribution is 9.10. The molecule has 0 aromatic heterocycles. The van der Waals surface area contributed by atoms with Gasteiger partial charge in [-0.3, -0.25) is 4.79 Å². The lowest BCUT2D eigenvalue weighted by molar-refractivity contribution is -0.145. The molecule has 0 bridgehead atoms. The summed E-state index contributed by atoms with van der Waals surface area (Å²) in [6, 6.07) is 4.22. The van der Waals surface area contributed by atoms with Gasteiger partial charge < -0.3 is 10.4 Å². The first-order chi connectivity index (χ1) is 9.96. The third-order valence-corrected chi connectivity index (χ3v) is 4.57. The molecule has 1 aliphatic carbocycles. The summed E-state index contributed by atoms with van der Waals surface area (Å²) < 4.78 is 14.1. The van der Waals surface area contributed by atoms with Crippen LogP contribution in [0.25, 0.3) is 0 Å². The zero-order valence-electron chi connectivity index (χ0n) is 11.5. The van der Waals surface area contributed by atoms with Gasteiger partial charge in [-0.25, -0.2) is 9.18 Å². The molecule has 114 valence electrons. The minimum absolute atomic E-state index is 0.151. The van der Waals surface area contributed by atoms with Gasteiger partial charge in [-0.2, -0.15) is 0 Å². The second-order valence-electron chi connectivity index (χ2n) is 5.35. The maximum atomic E-state index is 13.8. The van der Waals surface area contributed by atoms with Gasteiger partial charge in [0.15, 0.2) is 0 Å².